The van der Waals surface area contributed by atoms with E-state index in [0.29, 0.717) is 43.9 Å². The van der Waals surface area contributed by atoms with E-state index in [-0.39, 0.29) is 23.3 Å². The summed E-state index contributed by atoms with van der Waals surface area (Å²) in [4.78, 5) is 23.6. The number of hydrogen-bond acceptors (Lipinski definition) is 7. The minimum Gasteiger partial charge on any atom is -0.501 e. The van der Waals surface area contributed by atoms with Gasteiger partial charge in [-0.3, -0.25) is 9.20 Å². The molecule has 1 N–H and O–H groups in total. The first-order valence-corrected chi connectivity index (χ1v) is 10.6. The maximum Gasteiger partial charge on any atom is 0.300 e. The summed E-state index contributed by atoms with van der Waals surface area (Å²) in [5.41, 5.74) is 0.652. The van der Waals surface area contributed by atoms with Crippen LogP contribution in [0.5, 0.6) is 5.75 Å². The molecular formula is C23H23FN4O4. The summed E-state index contributed by atoms with van der Waals surface area (Å²) in [6.07, 6.45) is 10.0. The van der Waals surface area contributed by atoms with Gasteiger partial charge in [-0.25, -0.2) is 14.4 Å². The lowest BCUT2D eigenvalue weighted by Crippen LogP contribution is -2.36. The first-order chi connectivity index (χ1) is 15.6. The molecule has 0 aromatic carbocycles. The van der Waals surface area contributed by atoms with Crippen LogP contribution in [0.25, 0.3) is 17.2 Å². The van der Waals surface area contributed by atoms with Crippen LogP contribution in [0.2, 0.25) is 0 Å². The molecule has 0 saturated carbocycles. The molecule has 0 radical (unpaired) electrons. The fourth-order valence-electron chi connectivity index (χ4n) is 4.01. The highest BCUT2D eigenvalue weighted by Crippen LogP contribution is 2.27. The molecule has 32 heavy (non-hydrogen) atoms. The number of hydrogen-bond donors (Lipinski definition) is 1. The first kappa shape index (κ1) is 20.4. The highest BCUT2D eigenvalue weighted by molar-refractivity contribution is 5.62. The summed E-state index contributed by atoms with van der Waals surface area (Å²) in [7, 11) is 0. The van der Waals surface area contributed by atoms with E-state index < -0.39 is 11.3 Å². The van der Waals surface area contributed by atoms with Crippen molar-refractivity contribution in [2.24, 2.45) is 5.92 Å². The molecule has 1 aliphatic carbocycles. The van der Waals surface area contributed by atoms with Gasteiger partial charge in [-0.2, -0.15) is 0 Å². The molecule has 0 spiro atoms. The van der Waals surface area contributed by atoms with Crippen LogP contribution in [0, 0.1) is 5.92 Å². The Morgan fingerprint density at radius 1 is 1.25 bits per heavy atom. The molecule has 1 aliphatic heterocycles. The Kier molecular flexibility index (Phi) is 5.48. The average Bonchev–Trinajstić information content (AvgIpc) is 3.18. The third-order valence-electron chi connectivity index (χ3n) is 5.74. The monoisotopic (exact) mass is 438 g/mol. The second-order valence-electron chi connectivity index (χ2n) is 7.94. The Balaban J connectivity index is 1.43. The van der Waals surface area contributed by atoms with E-state index in [1.165, 1.54) is 4.40 Å². The molecule has 3 aromatic heterocycles. The van der Waals surface area contributed by atoms with Crippen molar-refractivity contribution in [3.8, 4) is 17.3 Å². The third kappa shape index (κ3) is 4.03. The topological polar surface area (TPSA) is 93.1 Å². The SMILES string of the molecule is O=c1c(O)c(-c2ncc(CC3C=CCC(F)=CC3)o2)nc2ccc(N3CCOCC3)cn12. The van der Waals surface area contributed by atoms with Gasteiger partial charge in [0.15, 0.2) is 5.69 Å². The zero-order chi connectivity index (χ0) is 22.1. The fraction of sp³-hybridized carbons (Fsp3) is 0.348. The molecule has 0 amide bonds. The number of ether oxygens (including phenoxy) is 1. The minimum absolute atomic E-state index is 0.00252. The predicted molar refractivity (Wildman–Crippen MR) is 116 cm³/mol. The van der Waals surface area contributed by atoms with E-state index in [1.54, 1.807) is 24.5 Å². The molecule has 1 saturated heterocycles. The van der Waals surface area contributed by atoms with Crippen LogP contribution >= 0.6 is 0 Å². The van der Waals surface area contributed by atoms with E-state index in [0.717, 1.165) is 18.8 Å². The number of nitrogens with zero attached hydrogens (tertiary/aromatic N) is 4. The highest BCUT2D eigenvalue weighted by Gasteiger charge is 2.20. The van der Waals surface area contributed by atoms with Crippen LogP contribution in [0.15, 0.2) is 57.8 Å². The molecule has 1 unspecified atom stereocenters. The van der Waals surface area contributed by atoms with Crippen molar-refractivity contribution < 1.29 is 18.7 Å². The Morgan fingerprint density at radius 2 is 2.09 bits per heavy atom. The van der Waals surface area contributed by atoms with Crippen molar-refractivity contribution in [1.29, 1.82) is 0 Å². The molecule has 9 heteroatoms. The number of aromatic nitrogens is 3. The van der Waals surface area contributed by atoms with Crippen LogP contribution < -0.4 is 10.5 Å². The quantitative estimate of drug-likeness (QED) is 0.625. The smallest absolute Gasteiger partial charge is 0.300 e. The van der Waals surface area contributed by atoms with Crippen LogP contribution in [-0.4, -0.2) is 45.8 Å². The van der Waals surface area contributed by atoms with Crippen LogP contribution in [0.3, 0.4) is 0 Å². The van der Waals surface area contributed by atoms with Gasteiger partial charge in [0.1, 0.15) is 11.4 Å². The van der Waals surface area contributed by atoms with Crippen molar-refractivity contribution in [2.45, 2.75) is 19.3 Å². The van der Waals surface area contributed by atoms with Gasteiger partial charge >= 0.3 is 5.56 Å². The molecule has 8 nitrogen and oxygen atoms in total. The lowest BCUT2D eigenvalue weighted by Gasteiger charge is -2.28. The molecule has 2 aliphatic rings. The maximum absolute atomic E-state index is 13.4. The van der Waals surface area contributed by atoms with Crippen molar-refractivity contribution in [2.75, 3.05) is 31.2 Å². The van der Waals surface area contributed by atoms with Gasteiger partial charge in [-0.15, -0.1) is 0 Å². The summed E-state index contributed by atoms with van der Waals surface area (Å²) >= 11 is 0. The van der Waals surface area contributed by atoms with Gasteiger partial charge in [0, 0.05) is 32.1 Å². The zero-order valence-corrected chi connectivity index (χ0v) is 17.4. The Hall–Kier alpha value is -3.46. The largest absolute Gasteiger partial charge is 0.501 e. The van der Waals surface area contributed by atoms with Gasteiger partial charge < -0.3 is 19.2 Å². The number of halogens is 1. The molecule has 3 aromatic rings. The van der Waals surface area contributed by atoms with Crippen LogP contribution in [0.4, 0.5) is 10.1 Å². The number of aromatic hydroxyl groups is 1. The second kappa shape index (κ2) is 8.58. The normalized spacial score (nSPS) is 19.2. The van der Waals surface area contributed by atoms with Crippen LogP contribution in [0.1, 0.15) is 18.6 Å². The van der Waals surface area contributed by atoms with Gasteiger partial charge in [-0.1, -0.05) is 18.2 Å². The van der Waals surface area contributed by atoms with Crippen molar-refractivity contribution in [3.05, 3.63) is 64.7 Å². The van der Waals surface area contributed by atoms with Gasteiger partial charge in [0.25, 0.3) is 0 Å². The number of morpholine rings is 1. The van der Waals surface area contributed by atoms with Gasteiger partial charge in [0.05, 0.1) is 30.9 Å². The highest BCUT2D eigenvalue weighted by atomic mass is 19.1. The lowest BCUT2D eigenvalue weighted by molar-refractivity contribution is 0.122. The first-order valence-electron chi connectivity index (χ1n) is 10.6. The molecule has 0 bridgehead atoms. The van der Waals surface area contributed by atoms with E-state index in [4.69, 9.17) is 9.15 Å². The predicted octanol–water partition coefficient (Wildman–Crippen LogP) is 3.25. The van der Waals surface area contributed by atoms with E-state index in [9.17, 15) is 14.3 Å². The number of allylic oxidation sites excluding steroid dienone is 4. The fourth-order valence-corrected chi connectivity index (χ4v) is 4.01. The zero-order valence-electron chi connectivity index (χ0n) is 17.4. The molecule has 1 atom stereocenters. The molecule has 5 rings (SSSR count). The lowest BCUT2D eigenvalue weighted by atomic mass is 10.0. The Bertz CT molecular complexity index is 1260. The molecule has 1 fully saturated rings. The number of anilines is 1. The molecular weight excluding hydrogens is 415 g/mol. The van der Waals surface area contributed by atoms with Crippen molar-refractivity contribution >= 4 is 11.3 Å². The standard InChI is InChI=1S/C23H23FN4O4/c24-16-3-1-2-15(4-5-16)12-18-13-25-22(32-18)20-21(29)23(30)28-14-17(6-7-19(28)26-20)27-8-10-31-11-9-27/h1-2,5-7,13-15,29H,3-4,8-12H2. The summed E-state index contributed by atoms with van der Waals surface area (Å²) in [5, 5.41) is 10.6. The number of fused-ring (bicyclic) bond motifs is 1. The number of rotatable bonds is 4. The maximum atomic E-state index is 13.4. The Morgan fingerprint density at radius 3 is 2.94 bits per heavy atom. The Labute approximate surface area is 183 Å². The molecule has 166 valence electrons. The van der Waals surface area contributed by atoms with E-state index in [1.807, 2.05) is 18.2 Å². The minimum atomic E-state index is -0.591. The summed E-state index contributed by atoms with van der Waals surface area (Å²) in [6, 6.07) is 3.62. The number of pyridine rings is 1. The summed E-state index contributed by atoms with van der Waals surface area (Å²) in [6.45, 7) is 2.72. The van der Waals surface area contributed by atoms with E-state index >= 15 is 0 Å². The third-order valence-corrected chi connectivity index (χ3v) is 5.74. The molecule has 4 heterocycles. The van der Waals surface area contributed by atoms with Crippen LogP contribution in [-0.2, 0) is 11.2 Å². The van der Waals surface area contributed by atoms with Crippen molar-refractivity contribution in [1.82, 2.24) is 14.4 Å². The number of oxazole rings is 1. The van der Waals surface area contributed by atoms with Crippen molar-refractivity contribution in [3.63, 3.8) is 0 Å². The average molecular weight is 438 g/mol. The van der Waals surface area contributed by atoms with Gasteiger partial charge in [-0.05, 0) is 24.5 Å². The van der Waals surface area contributed by atoms with Gasteiger partial charge in [0.2, 0.25) is 11.6 Å². The van der Waals surface area contributed by atoms with E-state index in [2.05, 4.69) is 14.9 Å². The summed E-state index contributed by atoms with van der Waals surface area (Å²) < 4.78 is 25.9. The second-order valence-corrected chi connectivity index (χ2v) is 7.94. The summed E-state index contributed by atoms with van der Waals surface area (Å²) in [5.74, 6) is 0.0912.